The van der Waals surface area contributed by atoms with Crippen molar-refractivity contribution in [1.82, 2.24) is 9.55 Å². The lowest BCUT2D eigenvalue weighted by Gasteiger charge is -2.24. The molecule has 2 aromatic heterocycles. The minimum Gasteiger partial charge on any atom is -0.455 e. The number of hydrogen-bond acceptors (Lipinski definition) is 2. The maximum Gasteiger partial charge on any atom is 0.149 e. The summed E-state index contributed by atoms with van der Waals surface area (Å²) in [5.41, 5.74) is 11.2. The standard InChI is InChI=1S/C48H44N2OSi/c1-29(2)38-26-33(31-15-9-8-10-16-31)27-39(30(3)4)46(38)50-43-21-12-11-20-42(43)49-48(50)37-19-13-18-36-41-25-32-23-24-35-34(17-14-22-45(35)52(5,6)7)40(32)28-44(41)51-47(36)37/h8-30H,1-7H3. The topological polar surface area (TPSA) is 31.0 Å². The number of imidazole rings is 1. The minimum absolute atomic E-state index is 0.288. The molecule has 9 aromatic rings. The fourth-order valence-corrected chi connectivity index (χ4v) is 9.89. The first-order chi connectivity index (χ1) is 25.1. The number of furan rings is 1. The monoisotopic (exact) mass is 692 g/mol. The van der Waals surface area contributed by atoms with Gasteiger partial charge >= 0.3 is 0 Å². The fourth-order valence-electron chi connectivity index (χ4n) is 8.26. The summed E-state index contributed by atoms with van der Waals surface area (Å²) in [6.07, 6.45) is 0. The summed E-state index contributed by atoms with van der Waals surface area (Å²) in [6.45, 7) is 16.5. The maximum atomic E-state index is 6.97. The Kier molecular flexibility index (Phi) is 7.53. The Morgan fingerprint density at radius 1 is 0.577 bits per heavy atom. The molecule has 3 nitrogen and oxygen atoms in total. The van der Waals surface area contributed by atoms with E-state index in [1.54, 1.807) is 0 Å². The predicted octanol–water partition coefficient (Wildman–Crippen LogP) is 13.4. The van der Waals surface area contributed by atoms with Crippen LogP contribution < -0.4 is 5.19 Å². The summed E-state index contributed by atoms with van der Waals surface area (Å²) < 4.78 is 9.38. The Morgan fingerprint density at radius 2 is 1.27 bits per heavy atom. The van der Waals surface area contributed by atoms with Crippen molar-refractivity contribution in [2.24, 2.45) is 0 Å². The largest absolute Gasteiger partial charge is 0.455 e. The van der Waals surface area contributed by atoms with Gasteiger partial charge in [-0.3, -0.25) is 4.57 Å². The average molecular weight is 693 g/mol. The van der Waals surface area contributed by atoms with Crippen LogP contribution in [0.2, 0.25) is 19.6 Å². The molecule has 2 heterocycles. The summed E-state index contributed by atoms with van der Waals surface area (Å²) in [5, 5.41) is 8.86. The average Bonchev–Trinajstić information content (AvgIpc) is 3.71. The van der Waals surface area contributed by atoms with Crippen molar-refractivity contribution in [3.05, 3.63) is 139 Å². The van der Waals surface area contributed by atoms with E-state index in [0.29, 0.717) is 0 Å². The number of hydrogen-bond donors (Lipinski definition) is 0. The lowest BCUT2D eigenvalue weighted by atomic mass is 9.88. The van der Waals surface area contributed by atoms with E-state index < -0.39 is 8.07 Å². The molecule has 4 heteroatoms. The smallest absolute Gasteiger partial charge is 0.149 e. The van der Waals surface area contributed by atoms with E-state index in [1.807, 2.05) is 0 Å². The lowest BCUT2D eigenvalue weighted by Crippen LogP contribution is -2.37. The summed E-state index contributed by atoms with van der Waals surface area (Å²) in [4.78, 5) is 5.40. The Hall–Kier alpha value is -5.45. The highest BCUT2D eigenvalue weighted by Gasteiger charge is 2.26. The van der Waals surface area contributed by atoms with Crippen LogP contribution in [0.5, 0.6) is 0 Å². The van der Waals surface area contributed by atoms with Gasteiger partial charge in [-0.1, -0.05) is 137 Å². The van der Waals surface area contributed by atoms with E-state index >= 15 is 0 Å². The van der Waals surface area contributed by atoms with Crippen LogP contribution in [0.3, 0.4) is 0 Å². The third-order valence-electron chi connectivity index (χ3n) is 10.8. The Bertz CT molecular complexity index is 2800. The van der Waals surface area contributed by atoms with Crippen LogP contribution in [0.1, 0.15) is 50.7 Å². The minimum atomic E-state index is -1.53. The van der Waals surface area contributed by atoms with Gasteiger partial charge in [0.15, 0.2) is 0 Å². The molecule has 7 aromatic carbocycles. The molecule has 0 N–H and O–H groups in total. The van der Waals surface area contributed by atoms with Crippen molar-refractivity contribution < 1.29 is 4.42 Å². The van der Waals surface area contributed by atoms with Crippen molar-refractivity contribution in [3.8, 4) is 28.2 Å². The molecule has 256 valence electrons. The summed E-state index contributed by atoms with van der Waals surface area (Å²) in [5.74, 6) is 1.48. The zero-order valence-electron chi connectivity index (χ0n) is 31.1. The number of rotatable bonds is 6. The second-order valence-corrected chi connectivity index (χ2v) is 21.0. The van der Waals surface area contributed by atoms with Gasteiger partial charge in [0.1, 0.15) is 17.0 Å². The molecule has 0 saturated heterocycles. The van der Waals surface area contributed by atoms with Crippen molar-refractivity contribution >= 4 is 67.8 Å². The third kappa shape index (κ3) is 5.11. The molecular formula is C48H44N2OSi. The summed E-state index contributed by atoms with van der Waals surface area (Å²) >= 11 is 0. The number of para-hydroxylation sites is 3. The van der Waals surface area contributed by atoms with Crippen LogP contribution in [0.4, 0.5) is 0 Å². The van der Waals surface area contributed by atoms with E-state index in [2.05, 4.69) is 179 Å². The van der Waals surface area contributed by atoms with Gasteiger partial charge in [-0.05, 0) is 98.1 Å². The molecule has 0 amide bonds. The molecule has 0 aliphatic heterocycles. The molecule has 0 unspecified atom stereocenters. The van der Waals surface area contributed by atoms with Crippen molar-refractivity contribution in [2.75, 3.05) is 0 Å². The first kappa shape index (κ1) is 32.5. The second-order valence-electron chi connectivity index (χ2n) is 16.0. The van der Waals surface area contributed by atoms with E-state index in [1.165, 1.54) is 54.7 Å². The van der Waals surface area contributed by atoms with E-state index in [0.717, 1.165) is 44.4 Å². The van der Waals surface area contributed by atoms with Gasteiger partial charge in [0, 0.05) is 10.8 Å². The van der Waals surface area contributed by atoms with Gasteiger partial charge in [0.05, 0.1) is 30.4 Å². The normalized spacial score (nSPS) is 12.5. The molecule has 9 rings (SSSR count). The van der Waals surface area contributed by atoms with Gasteiger partial charge in [-0.15, -0.1) is 0 Å². The Balaban J connectivity index is 1.33. The molecule has 0 aliphatic rings. The lowest BCUT2D eigenvalue weighted by molar-refractivity contribution is 0.670. The van der Waals surface area contributed by atoms with Crippen LogP contribution in [0.25, 0.3) is 82.7 Å². The van der Waals surface area contributed by atoms with Crippen LogP contribution in [0, 0.1) is 0 Å². The van der Waals surface area contributed by atoms with Gasteiger partial charge in [-0.2, -0.15) is 0 Å². The second kappa shape index (κ2) is 12.1. The zero-order valence-corrected chi connectivity index (χ0v) is 32.1. The van der Waals surface area contributed by atoms with E-state index in [4.69, 9.17) is 9.40 Å². The molecule has 0 saturated carbocycles. The predicted molar refractivity (Wildman–Crippen MR) is 225 cm³/mol. The number of nitrogens with zero attached hydrogens (tertiary/aromatic N) is 2. The van der Waals surface area contributed by atoms with Crippen LogP contribution >= 0.6 is 0 Å². The molecule has 0 spiro atoms. The number of fused-ring (bicyclic) bond motifs is 7. The van der Waals surface area contributed by atoms with Gasteiger partial charge in [0.2, 0.25) is 0 Å². The van der Waals surface area contributed by atoms with Gasteiger partial charge in [-0.25, -0.2) is 4.98 Å². The number of benzene rings is 7. The van der Waals surface area contributed by atoms with Gasteiger partial charge in [0.25, 0.3) is 0 Å². The summed E-state index contributed by atoms with van der Waals surface area (Å²) in [7, 11) is -1.53. The Morgan fingerprint density at radius 3 is 2.00 bits per heavy atom. The van der Waals surface area contributed by atoms with Crippen molar-refractivity contribution in [1.29, 1.82) is 0 Å². The maximum absolute atomic E-state index is 6.97. The van der Waals surface area contributed by atoms with Crippen LogP contribution in [-0.4, -0.2) is 17.6 Å². The highest BCUT2D eigenvalue weighted by Crippen LogP contribution is 2.43. The van der Waals surface area contributed by atoms with Crippen molar-refractivity contribution in [3.63, 3.8) is 0 Å². The van der Waals surface area contributed by atoms with E-state index in [-0.39, 0.29) is 11.8 Å². The molecule has 0 radical (unpaired) electrons. The first-order valence-corrected chi connectivity index (χ1v) is 22.1. The first-order valence-electron chi connectivity index (χ1n) is 18.6. The molecular weight excluding hydrogens is 649 g/mol. The molecule has 0 atom stereocenters. The SMILES string of the molecule is CC(C)c1cc(-c2ccccc2)cc(C(C)C)c1-n1c(-c2cccc3c2oc2cc4c(ccc5c([Si](C)(C)C)cccc54)cc23)nc2ccccc21. The molecule has 0 aliphatic carbocycles. The number of aromatic nitrogens is 2. The molecule has 52 heavy (non-hydrogen) atoms. The highest BCUT2D eigenvalue weighted by atomic mass is 28.3. The zero-order chi connectivity index (χ0) is 35.9. The van der Waals surface area contributed by atoms with Crippen LogP contribution in [0.15, 0.2) is 132 Å². The fraction of sp³-hybridized carbons (Fsp3) is 0.188. The third-order valence-corrected chi connectivity index (χ3v) is 12.9. The quantitative estimate of drug-likeness (QED) is 0.128. The molecule has 0 fully saturated rings. The van der Waals surface area contributed by atoms with E-state index in [9.17, 15) is 0 Å². The van der Waals surface area contributed by atoms with Crippen molar-refractivity contribution in [2.45, 2.75) is 59.2 Å². The summed E-state index contributed by atoms with van der Waals surface area (Å²) in [6, 6.07) is 46.6. The van der Waals surface area contributed by atoms with Gasteiger partial charge < -0.3 is 4.42 Å². The Labute approximate surface area is 306 Å². The highest BCUT2D eigenvalue weighted by molar-refractivity contribution is 6.90. The molecule has 0 bridgehead atoms. The van der Waals surface area contributed by atoms with Crippen LogP contribution in [-0.2, 0) is 0 Å².